The molecule has 24 heavy (non-hydrogen) atoms. The molecule has 0 spiro atoms. The highest BCUT2D eigenvalue weighted by Gasteiger charge is 2.42. The van der Waals surface area contributed by atoms with Crippen LogP contribution in [0.4, 0.5) is 4.39 Å². The van der Waals surface area contributed by atoms with E-state index in [-0.39, 0.29) is 22.9 Å². The minimum atomic E-state index is -0.968. The number of aliphatic carboxylic acids is 1. The van der Waals surface area contributed by atoms with Gasteiger partial charge >= 0.3 is 5.97 Å². The van der Waals surface area contributed by atoms with Crippen molar-refractivity contribution in [2.24, 2.45) is 5.41 Å². The molecule has 1 aromatic heterocycles. The number of carbonyl (C=O) groups is 2. The normalized spacial score (nSPS) is 20.4. The Labute approximate surface area is 141 Å². The van der Waals surface area contributed by atoms with Crippen LogP contribution in [0.15, 0.2) is 24.4 Å². The predicted octanol–water partition coefficient (Wildman–Crippen LogP) is 2.00. The monoisotopic (exact) mass is 352 g/mol. The number of rotatable bonds is 3. The molecule has 1 saturated heterocycles. The van der Waals surface area contributed by atoms with E-state index in [0.29, 0.717) is 13.0 Å². The van der Waals surface area contributed by atoms with Gasteiger partial charge in [-0.05, 0) is 25.5 Å². The fourth-order valence-electron chi connectivity index (χ4n) is 2.62. The Hall–Kier alpha value is -2.48. The summed E-state index contributed by atoms with van der Waals surface area (Å²) in [6, 6.07) is 4.42. The van der Waals surface area contributed by atoms with Crippen molar-refractivity contribution >= 4 is 23.5 Å². The molecule has 1 fully saturated rings. The van der Waals surface area contributed by atoms with E-state index in [0.717, 1.165) is 4.68 Å². The van der Waals surface area contributed by atoms with Gasteiger partial charge in [0.1, 0.15) is 5.69 Å². The molecule has 126 valence electrons. The van der Waals surface area contributed by atoms with Crippen molar-refractivity contribution < 1.29 is 19.1 Å². The molecule has 1 aliphatic rings. The van der Waals surface area contributed by atoms with Crippen LogP contribution in [0.25, 0.3) is 5.69 Å². The quantitative estimate of drug-likeness (QED) is 0.912. The van der Waals surface area contributed by atoms with Gasteiger partial charge in [0.25, 0.3) is 5.91 Å². The predicted molar refractivity (Wildman–Crippen MR) is 82.6 cm³/mol. The largest absolute Gasteiger partial charge is 0.481 e. The first-order chi connectivity index (χ1) is 11.3. The summed E-state index contributed by atoms with van der Waals surface area (Å²) in [5, 5.41) is 16.7. The standard InChI is InChI=1S/C15H14ClFN4O3/c1-15(14(23)24)5-6-20(8-15)13(22)10-7-21(19-18-10)11-4-2-3-9(16)12(11)17/h2-4,7H,5-6,8H2,1H3,(H,23,24). The zero-order chi connectivity index (χ0) is 17.5. The molecule has 1 atom stereocenters. The van der Waals surface area contributed by atoms with Crippen LogP contribution in [-0.4, -0.2) is 50.0 Å². The van der Waals surface area contributed by atoms with Gasteiger partial charge in [-0.1, -0.05) is 22.9 Å². The topological polar surface area (TPSA) is 88.3 Å². The summed E-state index contributed by atoms with van der Waals surface area (Å²) in [6.07, 6.45) is 1.67. The molecule has 7 nitrogen and oxygen atoms in total. The first kappa shape index (κ1) is 16.4. The van der Waals surface area contributed by atoms with Crippen LogP contribution in [-0.2, 0) is 4.79 Å². The molecule has 9 heteroatoms. The first-order valence-electron chi connectivity index (χ1n) is 7.21. The van der Waals surface area contributed by atoms with Crippen molar-refractivity contribution in [3.8, 4) is 5.69 Å². The minimum absolute atomic E-state index is 0.0176. The molecule has 1 N–H and O–H groups in total. The number of likely N-dealkylation sites (tertiary alicyclic amines) is 1. The molecule has 0 saturated carbocycles. The second-order valence-electron chi connectivity index (χ2n) is 5.96. The van der Waals surface area contributed by atoms with Crippen LogP contribution in [0.1, 0.15) is 23.8 Å². The molecular formula is C15H14ClFN4O3. The van der Waals surface area contributed by atoms with E-state index < -0.39 is 23.1 Å². The van der Waals surface area contributed by atoms with Gasteiger partial charge in [-0.15, -0.1) is 5.10 Å². The third-order valence-corrected chi connectivity index (χ3v) is 4.46. The Morgan fingerprint density at radius 1 is 1.42 bits per heavy atom. The van der Waals surface area contributed by atoms with Crippen LogP contribution in [0, 0.1) is 11.2 Å². The summed E-state index contributed by atoms with van der Waals surface area (Å²) >= 11 is 5.73. The lowest BCUT2D eigenvalue weighted by Crippen LogP contribution is -2.35. The van der Waals surface area contributed by atoms with Gasteiger partial charge in [-0.3, -0.25) is 9.59 Å². The lowest BCUT2D eigenvalue weighted by atomic mass is 9.90. The molecule has 0 bridgehead atoms. The van der Waals surface area contributed by atoms with Gasteiger partial charge in [-0.2, -0.15) is 0 Å². The summed E-state index contributed by atoms with van der Waals surface area (Å²) in [5.74, 6) is -2.04. The van der Waals surface area contributed by atoms with E-state index >= 15 is 0 Å². The molecule has 1 aromatic carbocycles. The lowest BCUT2D eigenvalue weighted by Gasteiger charge is -2.19. The van der Waals surface area contributed by atoms with Crippen LogP contribution >= 0.6 is 11.6 Å². The summed E-state index contributed by atoms with van der Waals surface area (Å²) in [6.45, 7) is 2.01. The van der Waals surface area contributed by atoms with Crippen molar-refractivity contribution in [2.75, 3.05) is 13.1 Å². The summed E-state index contributed by atoms with van der Waals surface area (Å²) < 4.78 is 15.1. The van der Waals surface area contributed by atoms with Crippen LogP contribution in [0.2, 0.25) is 5.02 Å². The highest BCUT2D eigenvalue weighted by molar-refractivity contribution is 6.30. The zero-order valence-corrected chi connectivity index (χ0v) is 13.5. The fraction of sp³-hybridized carbons (Fsp3) is 0.333. The van der Waals surface area contributed by atoms with Crippen LogP contribution in [0.5, 0.6) is 0 Å². The Bertz CT molecular complexity index is 825. The van der Waals surface area contributed by atoms with Crippen LogP contribution in [0.3, 0.4) is 0 Å². The van der Waals surface area contributed by atoms with Gasteiger partial charge in [0.05, 0.1) is 16.6 Å². The minimum Gasteiger partial charge on any atom is -0.481 e. The SMILES string of the molecule is CC1(C(=O)O)CCN(C(=O)c2cn(-c3cccc(Cl)c3F)nn2)C1. The molecule has 2 heterocycles. The van der Waals surface area contributed by atoms with E-state index in [1.807, 2.05) is 0 Å². The molecule has 0 radical (unpaired) electrons. The van der Waals surface area contributed by atoms with E-state index in [1.165, 1.54) is 23.2 Å². The van der Waals surface area contributed by atoms with E-state index in [4.69, 9.17) is 11.6 Å². The molecule has 1 amide bonds. The fourth-order valence-corrected chi connectivity index (χ4v) is 2.79. The number of carbonyl (C=O) groups excluding carboxylic acids is 1. The molecule has 2 aromatic rings. The number of benzene rings is 1. The van der Waals surface area contributed by atoms with Crippen molar-refractivity contribution in [2.45, 2.75) is 13.3 Å². The molecule has 1 aliphatic heterocycles. The van der Waals surface area contributed by atoms with Crippen molar-refractivity contribution in [3.05, 3.63) is 40.9 Å². The molecule has 0 aliphatic carbocycles. The number of nitrogens with zero attached hydrogens (tertiary/aromatic N) is 4. The number of aromatic nitrogens is 3. The Kier molecular flexibility index (Phi) is 4.00. The Morgan fingerprint density at radius 3 is 2.83 bits per heavy atom. The lowest BCUT2D eigenvalue weighted by molar-refractivity contribution is -0.147. The maximum Gasteiger partial charge on any atom is 0.311 e. The van der Waals surface area contributed by atoms with Gasteiger partial charge in [-0.25, -0.2) is 9.07 Å². The maximum absolute atomic E-state index is 14.0. The number of carboxylic acids is 1. The van der Waals surface area contributed by atoms with Gasteiger partial charge in [0, 0.05) is 13.1 Å². The van der Waals surface area contributed by atoms with E-state index in [9.17, 15) is 19.1 Å². The Balaban J connectivity index is 1.83. The molecule has 1 unspecified atom stereocenters. The number of carboxylic acid groups (broad SMARTS) is 1. The maximum atomic E-state index is 14.0. The third kappa shape index (κ3) is 2.73. The molecule has 3 rings (SSSR count). The first-order valence-corrected chi connectivity index (χ1v) is 7.59. The van der Waals surface area contributed by atoms with Gasteiger partial charge in [0.15, 0.2) is 11.5 Å². The number of hydrogen-bond acceptors (Lipinski definition) is 4. The van der Waals surface area contributed by atoms with Crippen LogP contribution < -0.4 is 0 Å². The number of hydrogen-bond donors (Lipinski definition) is 1. The highest BCUT2D eigenvalue weighted by atomic mass is 35.5. The average molecular weight is 353 g/mol. The zero-order valence-electron chi connectivity index (χ0n) is 12.7. The second kappa shape index (κ2) is 5.86. The third-order valence-electron chi connectivity index (χ3n) is 4.17. The summed E-state index contributed by atoms with van der Waals surface area (Å²) in [5.41, 5.74) is -0.875. The van der Waals surface area contributed by atoms with Crippen molar-refractivity contribution in [1.29, 1.82) is 0 Å². The second-order valence-corrected chi connectivity index (χ2v) is 6.37. The smallest absolute Gasteiger partial charge is 0.311 e. The van der Waals surface area contributed by atoms with Gasteiger partial charge < -0.3 is 10.0 Å². The average Bonchev–Trinajstić information content (AvgIpc) is 3.17. The van der Waals surface area contributed by atoms with Crippen molar-refractivity contribution in [1.82, 2.24) is 19.9 Å². The highest BCUT2D eigenvalue weighted by Crippen LogP contribution is 2.31. The van der Waals surface area contributed by atoms with E-state index in [1.54, 1.807) is 13.0 Å². The van der Waals surface area contributed by atoms with Gasteiger partial charge in [0.2, 0.25) is 0 Å². The number of halogens is 2. The number of amides is 1. The molecular weight excluding hydrogens is 339 g/mol. The van der Waals surface area contributed by atoms with E-state index in [2.05, 4.69) is 10.3 Å². The van der Waals surface area contributed by atoms with Crippen molar-refractivity contribution in [3.63, 3.8) is 0 Å². The summed E-state index contributed by atoms with van der Waals surface area (Å²) in [7, 11) is 0. The Morgan fingerprint density at radius 2 is 2.17 bits per heavy atom. The summed E-state index contributed by atoms with van der Waals surface area (Å²) in [4.78, 5) is 25.1.